The van der Waals surface area contributed by atoms with Crippen molar-refractivity contribution in [2.24, 2.45) is 5.73 Å². The van der Waals surface area contributed by atoms with Gasteiger partial charge in [0, 0.05) is 17.3 Å². The van der Waals surface area contributed by atoms with Gasteiger partial charge in [0.15, 0.2) is 0 Å². The normalized spacial score (nSPS) is 11.7. The van der Waals surface area contributed by atoms with E-state index in [2.05, 4.69) is 0 Å². The number of nitrogens with zero attached hydrogens (tertiary/aromatic N) is 1. The van der Waals surface area contributed by atoms with Crippen molar-refractivity contribution in [2.45, 2.75) is 26.1 Å². The van der Waals surface area contributed by atoms with Gasteiger partial charge in [0.25, 0.3) is 0 Å². The largest absolute Gasteiger partial charge is 0.405 e. The van der Waals surface area contributed by atoms with Gasteiger partial charge in [0.2, 0.25) is 0 Å². The van der Waals surface area contributed by atoms with E-state index in [0.717, 1.165) is 0 Å². The maximum Gasteiger partial charge on any atom is 0.405 e. The molecule has 0 aromatic heterocycles. The first-order valence-corrected chi connectivity index (χ1v) is 5.97. The fraction of sp³-hybridized carbons (Fsp3) is 0.417. The average Bonchev–Trinajstić information content (AvgIpc) is 2.23. The number of anilines is 1. The number of benzene rings is 1. The standard InChI is InChI=1S/C12H15ClF3N3/c1-7(2)19(6-12(14,15)16)8-3-4-9(11(17)18)10(13)5-8/h3-5,7H,6H2,1-2H3,(H3,17,18). The molecule has 3 nitrogen and oxygen atoms in total. The number of alkyl halides is 3. The predicted molar refractivity (Wildman–Crippen MR) is 71.0 cm³/mol. The number of hydrogen-bond donors (Lipinski definition) is 2. The molecule has 3 N–H and O–H groups in total. The fourth-order valence-electron chi connectivity index (χ4n) is 1.67. The first-order chi connectivity index (χ1) is 8.61. The molecule has 0 amide bonds. The topological polar surface area (TPSA) is 53.1 Å². The fourth-order valence-corrected chi connectivity index (χ4v) is 1.94. The van der Waals surface area contributed by atoms with Crippen molar-refractivity contribution >= 4 is 23.1 Å². The predicted octanol–water partition coefficient (Wildman–Crippen LogP) is 3.40. The van der Waals surface area contributed by atoms with Crippen LogP contribution in [0.4, 0.5) is 18.9 Å². The Labute approximate surface area is 114 Å². The summed E-state index contributed by atoms with van der Waals surface area (Å²) in [6.07, 6.45) is -4.30. The highest BCUT2D eigenvalue weighted by Gasteiger charge is 2.32. The molecule has 0 heterocycles. The molecule has 0 spiro atoms. The zero-order valence-electron chi connectivity index (χ0n) is 10.6. The summed E-state index contributed by atoms with van der Waals surface area (Å²) in [5, 5.41) is 7.45. The number of rotatable bonds is 4. The molecule has 7 heteroatoms. The van der Waals surface area contributed by atoms with E-state index in [1.165, 1.54) is 23.1 Å². The molecule has 0 aliphatic heterocycles. The van der Waals surface area contributed by atoms with E-state index in [1.807, 2.05) is 0 Å². The van der Waals surface area contributed by atoms with Crippen molar-refractivity contribution < 1.29 is 13.2 Å². The second-order valence-corrected chi connectivity index (χ2v) is 4.82. The van der Waals surface area contributed by atoms with Crippen molar-refractivity contribution in [3.05, 3.63) is 28.8 Å². The molecule has 0 aliphatic rings. The lowest BCUT2D eigenvalue weighted by Gasteiger charge is -2.30. The van der Waals surface area contributed by atoms with Gasteiger partial charge in [-0.1, -0.05) is 11.6 Å². The number of amidine groups is 1. The van der Waals surface area contributed by atoms with Gasteiger partial charge in [-0.05, 0) is 32.0 Å². The minimum absolute atomic E-state index is 0.165. The SMILES string of the molecule is CC(C)N(CC(F)(F)F)c1ccc(C(=N)N)c(Cl)c1. The molecule has 0 aliphatic carbocycles. The van der Waals surface area contributed by atoms with Crippen LogP contribution in [0, 0.1) is 5.41 Å². The van der Waals surface area contributed by atoms with E-state index >= 15 is 0 Å². The van der Waals surface area contributed by atoms with Crippen LogP contribution in [0.5, 0.6) is 0 Å². The molecule has 1 aromatic rings. The number of nitrogens with one attached hydrogen (secondary N) is 1. The third-order valence-corrected chi connectivity index (χ3v) is 2.86. The molecule has 106 valence electrons. The highest BCUT2D eigenvalue weighted by molar-refractivity contribution is 6.34. The lowest BCUT2D eigenvalue weighted by atomic mass is 10.1. The van der Waals surface area contributed by atoms with E-state index in [4.69, 9.17) is 22.7 Å². The summed E-state index contributed by atoms with van der Waals surface area (Å²) in [6, 6.07) is 3.99. The van der Waals surface area contributed by atoms with Crippen molar-refractivity contribution in [2.75, 3.05) is 11.4 Å². The first kappa shape index (κ1) is 15.6. The summed E-state index contributed by atoms with van der Waals surface area (Å²) in [6.45, 7) is 2.28. The van der Waals surface area contributed by atoms with Crippen LogP contribution in [0.25, 0.3) is 0 Å². The first-order valence-electron chi connectivity index (χ1n) is 5.59. The molecular formula is C12H15ClF3N3. The van der Waals surface area contributed by atoms with Crippen molar-refractivity contribution in [3.63, 3.8) is 0 Å². The van der Waals surface area contributed by atoms with Crippen molar-refractivity contribution in [1.82, 2.24) is 0 Å². The van der Waals surface area contributed by atoms with E-state index < -0.39 is 12.7 Å². The average molecular weight is 294 g/mol. The Balaban J connectivity index is 3.11. The van der Waals surface area contributed by atoms with Crippen LogP contribution in [-0.4, -0.2) is 24.6 Å². The molecule has 0 atom stereocenters. The van der Waals surface area contributed by atoms with Crippen molar-refractivity contribution in [3.8, 4) is 0 Å². The van der Waals surface area contributed by atoms with Crippen LogP contribution in [-0.2, 0) is 0 Å². The molecule has 1 aromatic carbocycles. The number of halogens is 4. The summed E-state index contributed by atoms with van der Waals surface area (Å²) in [7, 11) is 0. The van der Waals surface area contributed by atoms with Gasteiger partial charge in [-0.3, -0.25) is 5.41 Å². The van der Waals surface area contributed by atoms with Crippen LogP contribution in [0.1, 0.15) is 19.4 Å². The summed E-state index contributed by atoms with van der Waals surface area (Å²) in [4.78, 5) is 1.19. The number of hydrogen-bond acceptors (Lipinski definition) is 2. The van der Waals surface area contributed by atoms with Crippen LogP contribution in [0.2, 0.25) is 5.02 Å². The van der Waals surface area contributed by atoms with Gasteiger partial charge < -0.3 is 10.6 Å². The Hall–Kier alpha value is -1.43. The highest BCUT2D eigenvalue weighted by atomic mass is 35.5. The second kappa shape index (κ2) is 5.69. The van der Waals surface area contributed by atoms with E-state index in [0.29, 0.717) is 11.3 Å². The Morgan fingerprint density at radius 1 is 1.42 bits per heavy atom. The summed E-state index contributed by atoms with van der Waals surface area (Å²) < 4.78 is 37.6. The highest BCUT2D eigenvalue weighted by Crippen LogP contribution is 2.28. The maximum absolute atomic E-state index is 12.5. The summed E-state index contributed by atoms with van der Waals surface area (Å²) >= 11 is 5.92. The Morgan fingerprint density at radius 3 is 2.37 bits per heavy atom. The van der Waals surface area contributed by atoms with E-state index in [-0.39, 0.29) is 16.9 Å². The van der Waals surface area contributed by atoms with Crippen LogP contribution < -0.4 is 10.6 Å². The lowest BCUT2D eigenvalue weighted by molar-refractivity contribution is -0.120. The monoisotopic (exact) mass is 293 g/mol. The third kappa shape index (κ3) is 4.31. The molecule has 1 rings (SSSR count). The Bertz CT molecular complexity index is 472. The van der Waals surface area contributed by atoms with Gasteiger partial charge >= 0.3 is 6.18 Å². The minimum atomic E-state index is -4.30. The molecule has 0 radical (unpaired) electrons. The molecule has 0 fully saturated rings. The molecule has 0 saturated heterocycles. The molecule has 0 unspecified atom stereocenters. The van der Waals surface area contributed by atoms with Crippen LogP contribution >= 0.6 is 11.6 Å². The summed E-state index contributed by atoms with van der Waals surface area (Å²) in [5.41, 5.74) is 5.96. The molecular weight excluding hydrogens is 279 g/mol. The van der Waals surface area contributed by atoms with Gasteiger partial charge in [-0.15, -0.1) is 0 Å². The number of nitrogens with two attached hydrogens (primary N) is 1. The minimum Gasteiger partial charge on any atom is -0.384 e. The van der Waals surface area contributed by atoms with Crippen LogP contribution in [0.15, 0.2) is 18.2 Å². The Kier molecular flexibility index (Phi) is 4.68. The van der Waals surface area contributed by atoms with Gasteiger partial charge in [-0.25, -0.2) is 0 Å². The smallest absolute Gasteiger partial charge is 0.384 e. The number of nitrogen functional groups attached to an aromatic ring is 1. The third-order valence-electron chi connectivity index (χ3n) is 2.55. The summed E-state index contributed by atoms with van der Waals surface area (Å²) in [5.74, 6) is -0.219. The quantitative estimate of drug-likeness (QED) is 0.660. The van der Waals surface area contributed by atoms with Crippen molar-refractivity contribution in [1.29, 1.82) is 5.41 Å². The van der Waals surface area contributed by atoms with Gasteiger partial charge in [0.05, 0.1) is 5.02 Å². The van der Waals surface area contributed by atoms with Gasteiger partial charge in [-0.2, -0.15) is 13.2 Å². The van der Waals surface area contributed by atoms with Gasteiger partial charge in [0.1, 0.15) is 12.4 Å². The Morgan fingerprint density at radius 2 is 2.00 bits per heavy atom. The van der Waals surface area contributed by atoms with E-state index in [9.17, 15) is 13.2 Å². The maximum atomic E-state index is 12.5. The lowest BCUT2D eigenvalue weighted by Crippen LogP contribution is -2.39. The molecule has 0 saturated carbocycles. The van der Waals surface area contributed by atoms with E-state index in [1.54, 1.807) is 13.8 Å². The zero-order valence-corrected chi connectivity index (χ0v) is 11.3. The molecule has 0 bridgehead atoms. The van der Waals surface area contributed by atoms with Crippen LogP contribution in [0.3, 0.4) is 0 Å². The second-order valence-electron chi connectivity index (χ2n) is 4.41. The zero-order chi connectivity index (χ0) is 14.8. The molecule has 19 heavy (non-hydrogen) atoms.